The van der Waals surface area contributed by atoms with Gasteiger partial charge in [-0.1, -0.05) is 78.9 Å². The van der Waals surface area contributed by atoms with Crippen LogP contribution in [0.3, 0.4) is 0 Å². The Morgan fingerprint density at radius 3 is 1.83 bits per heavy atom. The summed E-state index contributed by atoms with van der Waals surface area (Å²) in [5, 5.41) is 2.93. The van der Waals surface area contributed by atoms with Gasteiger partial charge in [-0.2, -0.15) is 0 Å². The summed E-state index contributed by atoms with van der Waals surface area (Å²) in [6, 6.07) is 30.1. The van der Waals surface area contributed by atoms with Crippen LogP contribution in [0.2, 0.25) is 0 Å². The second kappa shape index (κ2) is 13.9. The molecular weight excluding hydrogens is 553 g/mol. The lowest BCUT2D eigenvalue weighted by Crippen LogP contribution is -2.54. The van der Waals surface area contributed by atoms with E-state index in [0.717, 1.165) is 27.6 Å². The molecule has 0 aliphatic rings. The van der Waals surface area contributed by atoms with Crippen molar-refractivity contribution in [2.24, 2.45) is 0 Å². The number of sulfonamides is 1. The van der Waals surface area contributed by atoms with Crippen LogP contribution < -0.4 is 9.62 Å². The summed E-state index contributed by atoms with van der Waals surface area (Å²) in [6.07, 6.45) is 0.222. The SMILES string of the molecule is CC(C)NC(=O)C(Cc1ccccc1)N(Cc1ccccc1)C(=O)CN(c1ccc(F)cc1)S(=O)(=O)c1ccccc1. The molecule has 1 atom stereocenters. The van der Waals surface area contributed by atoms with Gasteiger partial charge >= 0.3 is 0 Å². The molecule has 0 bridgehead atoms. The van der Waals surface area contributed by atoms with Crippen LogP contribution in [0.15, 0.2) is 120 Å². The third kappa shape index (κ3) is 7.82. The standard InChI is InChI=1S/C33H34FN3O4S/c1-25(2)35-33(39)31(22-26-12-6-3-7-13-26)36(23-27-14-8-4-9-15-27)32(38)24-37(29-20-18-28(34)19-21-29)42(40,41)30-16-10-5-11-17-30/h3-21,25,31H,22-24H2,1-2H3,(H,35,39). The zero-order chi connectivity index (χ0) is 30.1. The fraction of sp³-hybridized carbons (Fsp3) is 0.212. The van der Waals surface area contributed by atoms with Gasteiger partial charge in [0.2, 0.25) is 11.8 Å². The highest BCUT2D eigenvalue weighted by molar-refractivity contribution is 7.92. The number of amides is 2. The van der Waals surface area contributed by atoms with Gasteiger partial charge in [0.05, 0.1) is 10.6 Å². The maximum Gasteiger partial charge on any atom is 0.264 e. The Kier molecular flexibility index (Phi) is 10.1. The molecule has 4 aromatic carbocycles. The molecule has 0 radical (unpaired) electrons. The van der Waals surface area contributed by atoms with Crippen LogP contribution in [-0.2, 0) is 32.6 Å². The fourth-order valence-electron chi connectivity index (χ4n) is 4.57. The average molecular weight is 588 g/mol. The summed E-state index contributed by atoms with van der Waals surface area (Å²) in [6.45, 7) is 3.15. The van der Waals surface area contributed by atoms with Crippen LogP contribution in [0.1, 0.15) is 25.0 Å². The number of halogens is 1. The van der Waals surface area contributed by atoms with Gasteiger partial charge in [-0.05, 0) is 61.4 Å². The summed E-state index contributed by atoms with van der Waals surface area (Å²) < 4.78 is 42.5. The normalized spacial score (nSPS) is 12.0. The van der Waals surface area contributed by atoms with E-state index in [2.05, 4.69) is 5.32 Å². The van der Waals surface area contributed by atoms with E-state index in [1.807, 2.05) is 74.5 Å². The molecule has 4 aromatic rings. The molecule has 4 rings (SSSR count). The van der Waals surface area contributed by atoms with Crippen molar-refractivity contribution >= 4 is 27.5 Å². The first-order valence-electron chi connectivity index (χ1n) is 13.7. The Morgan fingerprint density at radius 2 is 1.29 bits per heavy atom. The smallest absolute Gasteiger partial charge is 0.264 e. The highest BCUT2D eigenvalue weighted by atomic mass is 32.2. The molecule has 0 saturated heterocycles. The molecule has 0 heterocycles. The van der Waals surface area contributed by atoms with E-state index in [1.54, 1.807) is 18.2 Å². The predicted octanol–water partition coefficient (Wildman–Crippen LogP) is 5.19. The summed E-state index contributed by atoms with van der Waals surface area (Å²) in [5.74, 6) is -1.47. The van der Waals surface area contributed by atoms with Crippen molar-refractivity contribution in [1.82, 2.24) is 10.2 Å². The van der Waals surface area contributed by atoms with Crippen molar-refractivity contribution in [3.05, 3.63) is 132 Å². The molecule has 218 valence electrons. The van der Waals surface area contributed by atoms with Gasteiger partial charge in [0.1, 0.15) is 18.4 Å². The molecule has 0 aliphatic heterocycles. The third-order valence-electron chi connectivity index (χ3n) is 6.62. The minimum Gasteiger partial charge on any atom is -0.352 e. The zero-order valence-electron chi connectivity index (χ0n) is 23.6. The second-order valence-corrected chi connectivity index (χ2v) is 12.0. The quantitative estimate of drug-likeness (QED) is 0.247. The first kappa shape index (κ1) is 30.5. The number of nitrogens with zero attached hydrogens (tertiary/aromatic N) is 2. The lowest BCUT2D eigenvalue weighted by molar-refractivity contribution is -0.140. The minimum atomic E-state index is -4.23. The van der Waals surface area contributed by atoms with Crippen molar-refractivity contribution < 1.29 is 22.4 Å². The largest absolute Gasteiger partial charge is 0.352 e. The number of carbonyl (C=O) groups excluding carboxylic acids is 2. The lowest BCUT2D eigenvalue weighted by Gasteiger charge is -2.34. The van der Waals surface area contributed by atoms with Crippen molar-refractivity contribution in [3.63, 3.8) is 0 Å². The monoisotopic (exact) mass is 587 g/mol. The van der Waals surface area contributed by atoms with Crippen LogP contribution in [-0.4, -0.2) is 43.8 Å². The van der Waals surface area contributed by atoms with Gasteiger partial charge in [-0.15, -0.1) is 0 Å². The van der Waals surface area contributed by atoms with E-state index < -0.39 is 34.3 Å². The topological polar surface area (TPSA) is 86.8 Å². The summed E-state index contributed by atoms with van der Waals surface area (Å²) in [5.41, 5.74) is 1.75. The Hall–Kier alpha value is -4.50. The molecule has 9 heteroatoms. The van der Waals surface area contributed by atoms with E-state index in [9.17, 15) is 22.4 Å². The number of hydrogen-bond donors (Lipinski definition) is 1. The van der Waals surface area contributed by atoms with Crippen LogP contribution >= 0.6 is 0 Å². The van der Waals surface area contributed by atoms with Crippen LogP contribution in [0, 0.1) is 5.82 Å². The molecule has 1 unspecified atom stereocenters. The maximum absolute atomic E-state index is 14.3. The van der Waals surface area contributed by atoms with E-state index >= 15 is 0 Å². The van der Waals surface area contributed by atoms with Gasteiger partial charge in [0.15, 0.2) is 0 Å². The molecule has 42 heavy (non-hydrogen) atoms. The van der Waals surface area contributed by atoms with Gasteiger partial charge in [-0.3, -0.25) is 13.9 Å². The van der Waals surface area contributed by atoms with Crippen LogP contribution in [0.25, 0.3) is 0 Å². The first-order valence-corrected chi connectivity index (χ1v) is 15.1. The number of benzene rings is 4. The second-order valence-electron chi connectivity index (χ2n) is 10.2. The maximum atomic E-state index is 14.3. The third-order valence-corrected chi connectivity index (χ3v) is 8.41. The van der Waals surface area contributed by atoms with Gasteiger partial charge in [0, 0.05) is 19.0 Å². The van der Waals surface area contributed by atoms with Crippen LogP contribution in [0.5, 0.6) is 0 Å². The highest BCUT2D eigenvalue weighted by Gasteiger charge is 2.34. The molecular formula is C33H34FN3O4S. The molecule has 0 aromatic heterocycles. The number of carbonyl (C=O) groups is 2. The number of rotatable bonds is 12. The van der Waals surface area contributed by atoms with Crippen molar-refractivity contribution in [3.8, 4) is 0 Å². The van der Waals surface area contributed by atoms with Crippen molar-refractivity contribution in [1.29, 1.82) is 0 Å². The number of anilines is 1. The summed E-state index contributed by atoms with van der Waals surface area (Å²) >= 11 is 0. The number of nitrogens with one attached hydrogen (secondary N) is 1. The van der Waals surface area contributed by atoms with Crippen molar-refractivity contribution in [2.75, 3.05) is 10.8 Å². The Morgan fingerprint density at radius 1 is 0.762 bits per heavy atom. The number of hydrogen-bond acceptors (Lipinski definition) is 4. The molecule has 0 spiro atoms. The Labute approximate surface area is 246 Å². The van der Waals surface area contributed by atoms with Crippen LogP contribution in [0.4, 0.5) is 10.1 Å². The Bertz CT molecular complexity index is 1570. The summed E-state index contributed by atoms with van der Waals surface area (Å²) in [7, 11) is -4.23. The molecule has 7 nitrogen and oxygen atoms in total. The minimum absolute atomic E-state index is 0.0184. The van der Waals surface area contributed by atoms with E-state index in [1.165, 1.54) is 29.2 Å². The van der Waals surface area contributed by atoms with Crippen molar-refractivity contribution in [2.45, 2.75) is 43.8 Å². The molecule has 1 N–H and O–H groups in total. The van der Waals surface area contributed by atoms with Gasteiger partial charge < -0.3 is 10.2 Å². The lowest BCUT2D eigenvalue weighted by atomic mass is 10.0. The first-order chi connectivity index (χ1) is 20.1. The fourth-order valence-corrected chi connectivity index (χ4v) is 6.01. The van der Waals surface area contributed by atoms with E-state index in [-0.39, 0.29) is 35.5 Å². The Balaban J connectivity index is 1.78. The summed E-state index contributed by atoms with van der Waals surface area (Å²) in [4.78, 5) is 29.3. The molecule has 0 saturated carbocycles. The zero-order valence-corrected chi connectivity index (χ0v) is 24.4. The predicted molar refractivity (Wildman–Crippen MR) is 162 cm³/mol. The molecule has 2 amide bonds. The van der Waals surface area contributed by atoms with E-state index in [4.69, 9.17) is 0 Å². The molecule has 0 fully saturated rings. The van der Waals surface area contributed by atoms with Gasteiger partial charge in [0.25, 0.3) is 10.0 Å². The average Bonchev–Trinajstić information content (AvgIpc) is 2.99. The van der Waals surface area contributed by atoms with E-state index in [0.29, 0.717) is 0 Å². The van der Waals surface area contributed by atoms with Gasteiger partial charge in [-0.25, -0.2) is 12.8 Å². The molecule has 0 aliphatic carbocycles. The highest BCUT2D eigenvalue weighted by Crippen LogP contribution is 2.25.